The van der Waals surface area contributed by atoms with Gasteiger partial charge in [0.2, 0.25) is 10.0 Å². The van der Waals surface area contributed by atoms with E-state index in [-0.39, 0.29) is 23.5 Å². The quantitative estimate of drug-likeness (QED) is 0.610. The van der Waals surface area contributed by atoms with Crippen molar-refractivity contribution >= 4 is 54.3 Å². The van der Waals surface area contributed by atoms with Gasteiger partial charge in [0.15, 0.2) is 5.13 Å². The monoisotopic (exact) mass is 461 g/mol. The van der Waals surface area contributed by atoms with Crippen LogP contribution >= 0.6 is 27.3 Å². The molecule has 0 aliphatic heterocycles. The molecule has 11 heteroatoms. The summed E-state index contributed by atoms with van der Waals surface area (Å²) in [5.41, 5.74) is 0.623. The van der Waals surface area contributed by atoms with Gasteiger partial charge >= 0.3 is 5.97 Å². The molecule has 0 atom stereocenters. The average Bonchev–Trinajstić information content (AvgIpc) is 3.01. The Morgan fingerprint density at radius 3 is 2.73 bits per heavy atom. The van der Waals surface area contributed by atoms with E-state index in [1.807, 2.05) is 0 Å². The van der Waals surface area contributed by atoms with Crippen LogP contribution in [0.15, 0.2) is 32.9 Å². The number of nitrogens with one attached hydrogen (secondary N) is 2. The Hall–Kier alpha value is -1.82. The molecular weight excluding hydrogens is 446 g/mol. The summed E-state index contributed by atoms with van der Waals surface area (Å²) in [6.45, 7) is 2.00. The van der Waals surface area contributed by atoms with Crippen LogP contribution in [0, 0.1) is 0 Å². The Labute approximate surface area is 163 Å². The number of halogens is 1. The van der Waals surface area contributed by atoms with Crippen molar-refractivity contribution < 1.29 is 22.7 Å². The van der Waals surface area contributed by atoms with Crippen LogP contribution in [-0.2, 0) is 26.0 Å². The third kappa shape index (κ3) is 5.10. The van der Waals surface area contributed by atoms with E-state index in [2.05, 4.69) is 31.0 Å². The zero-order chi connectivity index (χ0) is 19.3. The van der Waals surface area contributed by atoms with Crippen LogP contribution in [0.25, 0.3) is 0 Å². The largest absolute Gasteiger partial charge is 0.466 e. The number of nitrogens with zero attached hydrogens (tertiary/aromatic N) is 1. The molecule has 0 spiro atoms. The number of hydrogen-bond acceptors (Lipinski definition) is 7. The van der Waals surface area contributed by atoms with Crippen LogP contribution in [0.1, 0.15) is 23.0 Å². The van der Waals surface area contributed by atoms with Gasteiger partial charge in [-0.05, 0) is 48.1 Å². The van der Waals surface area contributed by atoms with Crippen molar-refractivity contribution in [1.82, 2.24) is 9.71 Å². The Morgan fingerprint density at radius 1 is 1.35 bits per heavy atom. The van der Waals surface area contributed by atoms with E-state index in [0.29, 0.717) is 15.3 Å². The van der Waals surface area contributed by atoms with E-state index >= 15 is 0 Å². The predicted molar refractivity (Wildman–Crippen MR) is 101 cm³/mol. The molecule has 0 saturated carbocycles. The second-order valence-electron chi connectivity index (χ2n) is 4.93. The lowest BCUT2D eigenvalue weighted by molar-refractivity contribution is -0.142. The van der Waals surface area contributed by atoms with Crippen LogP contribution in [0.4, 0.5) is 5.13 Å². The Kier molecular flexibility index (Phi) is 6.87. The molecule has 2 rings (SSSR count). The van der Waals surface area contributed by atoms with Gasteiger partial charge in [0.1, 0.15) is 0 Å². The van der Waals surface area contributed by atoms with Gasteiger partial charge in [-0.1, -0.05) is 0 Å². The summed E-state index contributed by atoms with van der Waals surface area (Å²) in [5, 5.41) is 4.53. The number of hydrogen-bond donors (Lipinski definition) is 2. The van der Waals surface area contributed by atoms with E-state index in [1.54, 1.807) is 12.3 Å². The topological polar surface area (TPSA) is 114 Å². The molecule has 2 N–H and O–H groups in total. The first-order valence-corrected chi connectivity index (χ1v) is 10.6. The SMILES string of the molecule is CCOC(=O)Cc1csc(NC(=O)c2cc(S(=O)(=O)NC)ccc2Br)n1. The molecule has 1 aromatic heterocycles. The number of anilines is 1. The number of rotatable bonds is 7. The molecule has 0 saturated heterocycles. The number of aromatic nitrogens is 1. The van der Waals surface area contributed by atoms with Gasteiger partial charge in [-0.15, -0.1) is 11.3 Å². The minimum absolute atomic E-state index is 0.0137. The fourth-order valence-electron chi connectivity index (χ4n) is 1.93. The molecule has 0 bridgehead atoms. The maximum Gasteiger partial charge on any atom is 0.311 e. The fourth-order valence-corrected chi connectivity index (χ4v) is 3.82. The van der Waals surface area contributed by atoms with Gasteiger partial charge in [-0.2, -0.15) is 0 Å². The van der Waals surface area contributed by atoms with E-state index in [0.717, 1.165) is 11.3 Å². The number of benzene rings is 1. The van der Waals surface area contributed by atoms with E-state index in [4.69, 9.17) is 4.74 Å². The first-order chi connectivity index (χ1) is 12.3. The Balaban J connectivity index is 2.17. The van der Waals surface area contributed by atoms with Crippen LogP contribution in [0.5, 0.6) is 0 Å². The van der Waals surface area contributed by atoms with Crippen molar-refractivity contribution in [2.24, 2.45) is 0 Å². The lowest BCUT2D eigenvalue weighted by Crippen LogP contribution is -2.20. The second-order valence-corrected chi connectivity index (χ2v) is 8.53. The van der Waals surface area contributed by atoms with Crippen LogP contribution in [-0.4, -0.2) is 38.9 Å². The molecule has 0 aliphatic carbocycles. The van der Waals surface area contributed by atoms with Gasteiger partial charge in [0.25, 0.3) is 5.91 Å². The zero-order valence-electron chi connectivity index (χ0n) is 13.9. The molecule has 1 aromatic carbocycles. The lowest BCUT2D eigenvalue weighted by atomic mass is 10.2. The summed E-state index contributed by atoms with van der Waals surface area (Å²) < 4.78 is 31.3. The standard InChI is InChI=1S/C15H16BrN3O5S2/c1-3-24-13(20)6-9-8-25-15(18-9)19-14(21)11-7-10(4-5-12(11)16)26(22,23)17-2/h4-5,7-8,17H,3,6H2,1-2H3,(H,18,19,21). The molecule has 0 fully saturated rings. The zero-order valence-corrected chi connectivity index (χ0v) is 17.1. The normalized spacial score (nSPS) is 11.2. The molecule has 1 heterocycles. The Bertz CT molecular complexity index is 927. The second kappa shape index (κ2) is 8.71. The van der Waals surface area contributed by atoms with Gasteiger partial charge in [-0.3, -0.25) is 14.9 Å². The minimum Gasteiger partial charge on any atom is -0.466 e. The predicted octanol–water partition coefficient (Wildman–Crippen LogP) is 2.17. The summed E-state index contributed by atoms with van der Waals surface area (Å²) in [6, 6.07) is 4.12. The van der Waals surface area contributed by atoms with Gasteiger partial charge in [0.05, 0.1) is 29.2 Å². The highest BCUT2D eigenvalue weighted by molar-refractivity contribution is 9.10. The molecule has 8 nitrogen and oxygen atoms in total. The lowest BCUT2D eigenvalue weighted by Gasteiger charge is -2.08. The van der Waals surface area contributed by atoms with Gasteiger partial charge < -0.3 is 4.74 Å². The number of amides is 1. The van der Waals surface area contributed by atoms with Crippen molar-refractivity contribution in [2.75, 3.05) is 19.0 Å². The molecule has 2 aromatic rings. The third-order valence-corrected chi connectivity index (χ3v) is 6.07. The van der Waals surface area contributed by atoms with Gasteiger partial charge in [-0.25, -0.2) is 18.1 Å². The van der Waals surface area contributed by atoms with Crippen molar-refractivity contribution in [3.8, 4) is 0 Å². The molecule has 0 aliphatic rings. The van der Waals surface area contributed by atoms with Crippen molar-refractivity contribution in [2.45, 2.75) is 18.2 Å². The average molecular weight is 462 g/mol. The third-order valence-electron chi connectivity index (χ3n) is 3.16. The maximum atomic E-state index is 12.5. The van der Waals surface area contributed by atoms with E-state index in [9.17, 15) is 18.0 Å². The first-order valence-electron chi connectivity index (χ1n) is 7.41. The number of thiazole rings is 1. The molecule has 1 amide bonds. The van der Waals surface area contributed by atoms with Crippen molar-refractivity contribution in [1.29, 1.82) is 0 Å². The highest BCUT2D eigenvalue weighted by Gasteiger charge is 2.18. The number of carbonyl (C=O) groups excluding carboxylic acids is 2. The fraction of sp³-hybridized carbons (Fsp3) is 0.267. The molecule has 140 valence electrons. The summed E-state index contributed by atoms with van der Waals surface area (Å²) >= 11 is 4.39. The minimum atomic E-state index is -3.67. The smallest absolute Gasteiger partial charge is 0.311 e. The highest BCUT2D eigenvalue weighted by Crippen LogP contribution is 2.23. The molecule has 0 radical (unpaired) electrons. The first kappa shape index (κ1) is 20.5. The Morgan fingerprint density at radius 2 is 2.08 bits per heavy atom. The van der Waals surface area contributed by atoms with E-state index in [1.165, 1.54) is 25.2 Å². The summed E-state index contributed by atoms with van der Waals surface area (Å²) in [5.74, 6) is -0.926. The number of carbonyl (C=O) groups is 2. The molecular formula is C15H16BrN3O5S2. The van der Waals surface area contributed by atoms with Crippen LogP contribution in [0.3, 0.4) is 0 Å². The molecule has 26 heavy (non-hydrogen) atoms. The van der Waals surface area contributed by atoms with Crippen LogP contribution in [0.2, 0.25) is 0 Å². The molecule has 0 unspecified atom stereocenters. The number of esters is 1. The number of sulfonamides is 1. The summed E-state index contributed by atoms with van der Waals surface area (Å²) in [4.78, 5) is 28.0. The van der Waals surface area contributed by atoms with Crippen molar-refractivity contribution in [3.63, 3.8) is 0 Å². The number of ether oxygens (including phenoxy) is 1. The van der Waals surface area contributed by atoms with E-state index < -0.39 is 21.9 Å². The summed E-state index contributed by atoms with van der Waals surface area (Å²) in [7, 11) is -2.38. The van der Waals surface area contributed by atoms with Crippen LogP contribution < -0.4 is 10.0 Å². The highest BCUT2D eigenvalue weighted by atomic mass is 79.9. The van der Waals surface area contributed by atoms with Crippen molar-refractivity contribution in [3.05, 3.63) is 39.3 Å². The maximum absolute atomic E-state index is 12.5. The summed E-state index contributed by atoms with van der Waals surface area (Å²) in [6.07, 6.45) is 0.0137. The van der Waals surface area contributed by atoms with Gasteiger partial charge in [0, 0.05) is 9.85 Å².